The van der Waals surface area contributed by atoms with Crippen LogP contribution in [0.25, 0.3) is 22.2 Å². The Bertz CT molecular complexity index is 894. The fourth-order valence-electron chi connectivity index (χ4n) is 3.05. The second-order valence-electron chi connectivity index (χ2n) is 6.79. The Labute approximate surface area is 153 Å². The first kappa shape index (κ1) is 18.0. The smallest absolute Gasteiger partial charge is 0.252 e. The summed E-state index contributed by atoms with van der Waals surface area (Å²) in [7, 11) is 0. The number of aromatic nitrogens is 2. The molecule has 1 amide bonds. The number of benzene rings is 1. The Balaban J connectivity index is 2.02. The van der Waals surface area contributed by atoms with Crippen LogP contribution in [0.3, 0.4) is 0 Å². The lowest BCUT2D eigenvalue weighted by Crippen LogP contribution is -2.38. The van der Waals surface area contributed by atoms with Gasteiger partial charge in [0.15, 0.2) is 0 Å². The number of nitrogens with zero attached hydrogens (tertiary/aromatic N) is 2. The molecule has 26 heavy (non-hydrogen) atoms. The van der Waals surface area contributed by atoms with E-state index in [9.17, 15) is 9.90 Å². The molecule has 2 heterocycles. The Morgan fingerprint density at radius 2 is 1.88 bits per heavy atom. The fourth-order valence-corrected chi connectivity index (χ4v) is 3.05. The van der Waals surface area contributed by atoms with Gasteiger partial charge in [-0.15, -0.1) is 0 Å². The van der Waals surface area contributed by atoms with Crippen LogP contribution >= 0.6 is 0 Å². The van der Waals surface area contributed by atoms with Gasteiger partial charge in [0, 0.05) is 23.3 Å². The summed E-state index contributed by atoms with van der Waals surface area (Å²) in [6, 6.07) is 12.9. The highest BCUT2D eigenvalue weighted by molar-refractivity contribution is 6.07. The quantitative estimate of drug-likeness (QED) is 0.715. The number of aliphatic hydroxyl groups excluding tert-OH is 1. The summed E-state index contributed by atoms with van der Waals surface area (Å²) < 4.78 is 0. The average Bonchev–Trinajstić information content (AvgIpc) is 2.66. The van der Waals surface area contributed by atoms with Crippen LogP contribution in [0.15, 0.2) is 54.9 Å². The number of para-hydroxylation sites is 1. The standard InChI is InChI=1S/C21H23N3O2/c1-14(2)11-16(13-25)23-21(26)18-12-20(15-7-9-22-10-8-15)24-19-6-4-3-5-17(18)19/h3-10,12,14,16,25H,11,13H2,1-2H3,(H,23,26). The number of aliphatic hydroxyl groups is 1. The molecule has 0 aliphatic rings. The number of fused-ring (bicyclic) bond motifs is 1. The molecule has 2 N–H and O–H groups in total. The average molecular weight is 349 g/mol. The van der Waals surface area contributed by atoms with Crippen LogP contribution in [0.1, 0.15) is 30.6 Å². The Morgan fingerprint density at radius 3 is 2.58 bits per heavy atom. The first-order chi connectivity index (χ1) is 12.6. The zero-order chi connectivity index (χ0) is 18.5. The van der Waals surface area contributed by atoms with Crippen molar-refractivity contribution in [3.63, 3.8) is 0 Å². The summed E-state index contributed by atoms with van der Waals surface area (Å²) in [5.41, 5.74) is 2.95. The number of hydrogen-bond acceptors (Lipinski definition) is 4. The van der Waals surface area contributed by atoms with Gasteiger partial charge in [-0.3, -0.25) is 9.78 Å². The highest BCUT2D eigenvalue weighted by atomic mass is 16.3. The van der Waals surface area contributed by atoms with Gasteiger partial charge >= 0.3 is 0 Å². The summed E-state index contributed by atoms with van der Waals surface area (Å²) in [5, 5.41) is 13.3. The lowest BCUT2D eigenvalue weighted by atomic mass is 10.0. The van der Waals surface area contributed by atoms with Crippen molar-refractivity contribution in [1.29, 1.82) is 0 Å². The molecule has 0 saturated heterocycles. The van der Waals surface area contributed by atoms with Crippen LogP contribution in [-0.4, -0.2) is 33.6 Å². The molecule has 5 heteroatoms. The predicted octanol–water partition coefficient (Wildman–Crippen LogP) is 3.43. The SMILES string of the molecule is CC(C)CC(CO)NC(=O)c1cc(-c2ccncc2)nc2ccccc12. The molecule has 1 aromatic carbocycles. The van der Waals surface area contributed by atoms with Crippen LogP contribution in [0.4, 0.5) is 0 Å². The topological polar surface area (TPSA) is 75.1 Å². The molecule has 0 spiro atoms. The zero-order valence-corrected chi connectivity index (χ0v) is 15.0. The minimum absolute atomic E-state index is 0.0792. The number of amides is 1. The summed E-state index contributed by atoms with van der Waals surface area (Å²) >= 11 is 0. The van der Waals surface area contributed by atoms with E-state index in [4.69, 9.17) is 0 Å². The van der Waals surface area contributed by atoms with E-state index < -0.39 is 0 Å². The van der Waals surface area contributed by atoms with Crippen molar-refractivity contribution >= 4 is 16.8 Å². The van der Waals surface area contributed by atoms with Gasteiger partial charge in [-0.1, -0.05) is 32.0 Å². The fraction of sp³-hybridized carbons (Fsp3) is 0.286. The maximum absolute atomic E-state index is 12.9. The molecular formula is C21H23N3O2. The first-order valence-corrected chi connectivity index (χ1v) is 8.80. The maximum atomic E-state index is 12.9. The number of carbonyl (C=O) groups excluding carboxylic acids is 1. The van der Waals surface area contributed by atoms with Crippen molar-refractivity contribution in [1.82, 2.24) is 15.3 Å². The summed E-state index contributed by atoms with van der Waals surface area (Å²) in [6.07, 6.45) is 4.13. The van der Waals surface area contributed by atoms with Crippen molar-refractivity contribution < 1.29 is 9.90 Å². The van der Waals surface area contributed by atoms with Crippen molar-refractivity contribution in [3.8, 4) is 11.3 Å². The number of rotatable bonds is 6. The van der Waals surface area contributed by atoms with Crippen molar-refractivity contribution in [2.45, 2.75) is 26.3 Å². The van der Waals surface area contributed by atoms with Gasteiger partial charge < -0.3 is 10.4 Å². The normalized spacial score (nSPS) is 12.3. The lowest BCUT2D eigenvalue weighted by molar-refractivity contribution is 0.0910. The third kappa shape index (κ3) is 4.06. The summed E-state index contributed by atoms with van der Waals surface area (Å²) in [4.78, 5) is 21.6. The van der Waals surface area contributed by atoms with E-state index in [0.29, 0.717) is 11.5 Å². The number of nitrogens with one attached hydrogen (secondary N) is 1. The molecule has 0 aliphatic heterocycles. The number of carbonyl (C=O) groups is 1. The van der Waals surface area contributed by atoms with Crippen LogP contribution in [0, 0.1) is 5.92 Å². The molecule has 0 radical (unpaired) electrons. The molecule has 2 aromatic heterocycles. The minimum Gasteiger partial charge on any atom is -0.394 e. The minimum atomic E-state index is -0.265. The molecule has 134 valence electrons. The van der Waals surface area contributed by atoms with E-state index in [-0.39, 0.29) is 18.6 Å². The van der Waals surface area contributed by atoms with Crippen molar-refractivity contribution in [3.05, 3.63) is 60.4 Å². The van der Waals surface area contributed by atoms with Gasteiger partial charge in [-0.25, -0.2) is 4.98 Å². The molecule has 1 unspecified atom stereocenters. The molecule has 3 rings (SSSR count). The summed E-state index contributed by atoms with van der Waals surface area (Å²) in [5.74, 6) is 0.188. The molecule has 1 atom stereocenters. The number of pyridine rings is 2. The third-order valence-electron chi connectivity index (χ3n) is 4.25. The largest absolute Gasteiger partial charge is 0.394 e. The van der Waals surface area contributed by atoms with Gasteiger partial charge in [-0.2, -0.15) is 0 Å². The Morgan fingerprint density at radius 1 is 1.15 bits per heavy atom. The molecule has 0 aliphatic carbocycles. The van der Waals surface area contributed by atoms with E-state index in [1.54, 1.807) is 18.5 Å². The van der Waals surface area contributed by atoms with Crippen LogP contribution in [0.5, 0.6) is 0 Å². The van der Waals surface area contributed by atoms with Crippen LogP contribution < -0.4 is 5.32 Å². The molecular weight excluding hydrogens is 326 g/mol. The molecule has 0 bridgehead atoms. The van der Waals surface area contributed by atoms with Gasteiger partial charge in [0.1, 0.15) is 0 Å². The van der Waals surface area contributed by atoms with Gasteiger partial charge in [0.2, 0.25) is 0 Å². The Kier molecular flexibility index (Phi) is 5.58. The third-order valence-corrected chi connectivity index (χ3v) is 4.25. The van der Waals surface area contributed by atoms with Gasteiger partial charge in [-0.05, 0) is 36.6 Å². The van der Waals surface area contributed by atoms with E-state index >= 15 is 0 Å². The zero-order valence-electron chi connectivity index (χ0n) is 15.0. The van der Waals surface area contributed by atoms with E-state index in [0.717, 1.165) is 28.6 Å². The van der Waals surface area contributed by atoms with Gasteiger partial charge in [0.25, 0.3) is 5.91 Å². The highest BCUT2D eigenvalue weighted by Crippen LogP contribution is 2.24. The van der Waals surface area contributed by atoms with Crippen LogP contribution in [0.2, 0.25) is 0 Å². The molecule has 0 fully saturated rings. The molecule has 5 nitrogen and oxygen atoms in total. The van der Waals surface area contributed by atoms with Crippen molar-refractivity contribution in [2.75, 3.05) is 6.61 Å². The van der Waals surface area contributed by atoms with E-state index in [1.807, 2.05) is 36.4 Å². The first-order valence-electron chi connectivity index (χ1n) is 8.80. The molecule has 3 aromatic rings. The predicted molar refractivity (Wildman–Crippen MR) is 103 cm³/mol. The van der Waals surface area contributed by atoms with Crippen LogP contribution in [-0.2, 0) is 0 Å². The summed E-state index contributed by atoms with van der Waals surface area (Å²) in [6.45, 7) is 4.06. The van der Waals surface area contributed by atoms with E-state index in [2.05, 4.69) is 29.1 Å². The monoisotopic (exact) mass is 349 g/mol. The molecule has 0 saturated carbocycles. The maximum Gasteiger partial charge on any atom is 0.252 e. The Hall–Kier alpha value is -2.79. The second-order valence-corrected chi connectivity index (χ2v) is 6.79. The van der Waals surface area contributed by atoms with Gasteiger partial charge in [0.05, 0.1) is 29.4 Å². The number of hydrogen-bond donors (Lipinski definition) is 2. The highest BCUT2D eigenvalue weighted by Gasteiger charge is 2.18. The van der Waals surface area contributed by atoms with E-state index in [1.165, 1.54) is 0 Å². The second kappa shape index (κ2) is 8.06. The lowest BCUT2D eigenvalue weighted by Gasteiger charge is -2.19. The van der Waals surface area contributed by atoms with Crippen molar-refractivity contribution in [2.24, 2.45) is 5.92 Å².